The first-order valence-electron chi connectivity index (χ1n) is 7.83. The van der Waals surface area contributed by atoms with Crippen LogP contribution in [0, 0.1) is 0 Å². The molecule has 0 atom stereocenters. The van der Waals surface area contributed by atoms with Gasteiger partial charge in [0, 0.05) is 12.6 Å². The standard InChI is InChI=1S/C19H17N3O4/c1-11(23)20-13-6-3-12(4-7-13)5-9-15-17-16(22-21-15)10-8-14(19(24)25)18(17)26-2/h3-10H,1-2H3,(H,20,23)(H,21,22)(H,24,25)/b9-5+. The minimum absolute atomic E-state index is 0.0794. The van der Waals surface area contributed by atoms with Crippen LogP contribution in [-0.2, 0) is 4.79 Å². The fraction of sp³-hybridized carbons (Fsp3) is 0.105. The Balaban J connectivity index is 1.95. The maximum Gasteiger partial charge on any atom is 0.339 e. The zero-order valence-corrected chi connectivity index (χ0v) is 14.2. The van der Waals surface area contributed by atoms with Gasteiger partial charge < -0.3 is 15.2 Å². The number of amides is 1. The Hall–Kier alpha value is -3.61. The largest absolute Gasteiger partial charge is 0.495 e. The molecular formula is C19H17N3O4. The number of carbonyl (C=O) groups is 2. The fourth-order valence-electron chi connectivity index (χ4n) is 2.66. The Morgan fingerprint density at radius 1 is 1.15 bits per heavy atom. The lowest BCUT2D eigenvalue weighted by Crippen LogP contribution is -2.05. The molecule has 0 bridgehead atoms. The van der Waals surface area contributed by atoms with E-state index in [0.29, 0.717) is 22.3 Å². The summed E-state index contributed by atoms with van der Waals surface area (Å²) in [6.45, 7) is 1.45. The number of H-pyrrole nitrogens is 1. The zero-order valence-electron chi connectivity index (χ0n) is 14.2. The second kappa shape index (κ2) is 7.10. The van der Waals surface area contributed by atoms with Crippen LogP contribution in [0.15, 0.2) is 36.4 Å². The number of hydrogen-bond donors (Lipinski definition) is 3. The van der Waals surface area contributed by atoms with Crippen LogP contribution in [0.1, 0.15) is 28.5 Å². The van der Waals surface area contributed by atoms with Gasteiger partial charge in [-0.1, -0.05) is 18.2 Å². The number of ether oxygens (including phenoxy) is 1. The second-order valence-electron chi connectivity index (χ2n) is 5.62. The van der Waals surface area contributed by atoms with Crippen LogP contribution in [0.5, 0.6) is 5.75 Å². The van der Waals surface area contributed by atoms with Crippen molar-refractivity contribution in [1.82, 2.24) is 10.2 Å². The Morgan fingerprint density at radius 2 is 1.88 bits per heavy atom. The maximum absolute atomic E-state index is 11.4. The molecule has 0 radical (unpaired) electrons. The fourth-order valence-corrected chi connectivity index (χ4v) is 2.66. The molecule has 0 aliphatic rings. The van der Waals surface area contributed by atoms with Gasteiger partial charge in [-0.3, -0.25) is 9.89 Å². The van der Waals surface area contributed by atoms with Gasteiger partial charge in [0.05, 0.1) is 23.7 Å². The highest BCUT2D eigenvalue weighted by molar-refractivity contribution is 6.02. The molecule has 0 aliphatic carbocycles. The number of aromatic carboxylic acids is 1. The maximum atomic E-state index is 11.4. The number of fused-ring (bicyclic) bond motifs is 1. The summed E-state index contributed by atoms with van der Waals surface area (Å²) in [6, 6.07) is 10.5. The number of hydrogen-bond acceptors (Lipinski definition) is 4. The summed E-state index contributed by atoms with van der Waals surface area (Å²) in [5.41, 5.74) is 2.96. The highest BCUT2D eigenvalue weighted by Crippen LogP contribution is 2.32. The third kappa shape index (κ3) is 3.41. The smallest absolute Gasteiger partial charge is 0.339 e. The summed E-state index contributed by atoms with van der Waals surface area (Å²) in [4.78, 5) is 22.4. The van der Waals surface area contributed by atoms with Crippen LogP contribution >= 0.6 is 0 Å². The molecule has 0 saturated heterocycles. The minimum Gasteiger partial charge on any atom is -0.495 e. The lowest BCUT2D eigenvalue weighted by atomic mass is 10.1. The predicted octanol–water partition coefficient (Wildman–Crippen LogP) is 3.40. The monoisotopic (exact) mass is 351 g/mol. The second-order valence-corrected chi connectivity index (χ2v) is 5.62. The van der Waals surface area contributed by atoms with Crippen LogP contribution in [-0.4, -0.2) is 34.3 Å². The first kappa shape index (κ1) is 17.2. The zero-order chi connectivity index (χ0) is 18.7. The quantitative estimate of drug-likeness (QED) is 0.653. The Labute approximate surface area is 149 Å². The number of anilines is 1. The molecule has 0 aliphatic heterocycles. The number of aromatic amines is 1. The molecule has 0 fully saturated rings. The van der Waals surface area contributed by atoms with Crippen molar-refractivity contribution in [2.75, 3.05) is 12.4 Å². The van der Waals surface area contributed by atoms with E-state index in [1.807, 2.05) is 18.2 Å². The van der Waals surface area contributed by atoms with E-state index in [2.05, 4.69) is 15.5 Å². The molecule has 26 heavy (non-hydrogen) atoms. The van der Waals surface area contributed by atoms with Crippen molar-refractivity contribution in [3.05, 3.63) is 53.2 Å². The number of aromatic nitrogens is 2. The van der Waals surface area contributed by atoms with Crippen molar-refractivity contribution >= 4 is 40.6 Å². The third-order valence-corrected chi connectivity index (χ3v) is 3.81. The summed E-state index contributed by atoms with van der Waals surface area (Å²) < 4.78 is 5.31. The van der Waals surface area contributed by atoms with Crippen LogP contribution in [0.2, 0.25) is 0 Å². The number of nitrogens with zero attached hydrogens (tertiary/aromatic N) is 1. The van der Waals surface area contributed by atoms with Crippen molar-refractivity contribution < 1.29 is 19.4 Å². The summed E-state index contributed by atoms with van der Waals surface area (Å²) in [6.07, 6.45) is 3.63. The van der Waals surface area contributed by atoms with Gasteiger partial charge in [0.15, 0.2) is 0 Å². The highest BCUT2D eigenvalue weighted by atomic mass is 16.5. The number of benzene rings is 2. The molecule has 3 N–H and O–H groups in total. The van der Waals surface area contributed by atoms with Crippen molar-refractivity contribution in [3.63, 3.8) is 0 Å². The van der Waals surface area contributed by atoms with Crippen molar-refractivity contribution in [1.29, 1.82) is 0 Å². The summed E-state index contributed by atoms with van der Waals surface area (Å²) >= 11 is 0. The number of nitrogens with one attached hydrogen (secondary N) is 2. The van der Waals surface area contributed by atoms with E-state index in [9.17, 15) is 14.7 Å². The van der Waals surface area contributed by atoms with E-state index in [1.165, 1.54) is 20.1 Å². The summed E-state index contributed by atoms with van der Waals surface area (Å²) in [7, 11) is 1.43. The predicted molar refractivity (Wildman–Crippen MR) is 99.3 cm³/mol. The summed E-state index contributed by atoms with van der Waals surface area (Å²) in [5.74, 6) is -0.921. The van der Waals surface area contributed by atoms with E-state index in [0.717, 1.165) is 5.56 Å². The number of methoxy groups -OCH3 is 1. The van der Waals surface area contributed by atoms with Crippen LogP contribution in [0.3, 0.4) is 0 Å². The molecule has 7 nitrogen and oxygen atoms in total. The number of carboxylic acids is 1. The molecule has 7 heteroatoms. The number of carbonyl (C=O) groups excluding carboxylic acids is 1. The van der Waals surface area contributed by atoms with Gasteiger partial charge in [0.2, 0.25) is 5.91 Å². The van der Waals surface area contributed by atoms with Gasteiger partial charge in [-0.2, -0.15) is 5.10 Å². The van der Waals surface area contributed by atoms with E-state index in [1.54, 1.807) is 24.3 Å². The minimum atomic E-state index is -1.06. The van der Waals surface area contributed by atoms with Gasteiger partial charge in [-0.05, 0) is 35.9 Å². The van der Waals surface area contributed by atoms with E-state index >= 15 is 0 Å². The van der Waals surface area contributed by atoms with E-state index in [-0.39, 0.29) is 17.2 Å². The molecule has 3 rings (SSSR count). The molecule has 2 aromatic carbocycles. The molecule has 0 unspecified atom stereocenters. The third-order valence-electron chi connectivity index (χ3n) is 3.81. The van der Waals surface area contributed by atoms with Crippen molar-refractivity contribution in [3.8, 4) is 5.75 Å². The van der Waals surface area contributed by atoms with Crippen LogP contribution in [0.4, 0.5) is 5.69 Å². The summed E-state index contributed by atoms with van der Waals surface area (Å²) in [5, 5.41) is 19.7. The molecule has 1 heterocycles. The van der Waals surface area contributed by atoms with Crippen molar-refractivity contribution in [2.45, 2.75) is 6.92 Å². The molecule has 0 saturated carbocycles. The molecule has 3 aromatic rings. The van der Waals surface area contributed by atoms with Gasteiger partial charge >= 0.3 is 5.97 Å². The molecular weight excluding hydrogens is 334 g/mol. The van der Waals surface area contributed by atoms with Gasteiger partial charge in [0.25, 0.3) is 0 Å². The van der Waals surface area contributed by atoms with Crippen LogP contribution in [0.25, 0.3) is 23.1 Å². The average molecular weight is 351 g/mol. The first-order valence-corrected chi connectivity index (χ1v) is 7.83. The topological polar surface area (TPSA) is 104 Å². The van der Waals surface area contributed by atoms with Crippen molar-refractivity contribution in [2.24, 2.45) is 0 Å². The van der Waals surface area contributed by atoms with Gasteiger partial charge in [0.1, 0.15) is 11.3 Å². The van der Waals surface area contributed by atoms with Gasteiger partial charge in [-0.15, -0.1) is 0 Å². The molecule has 1 aromatic heterocycles. The Kier molecular flexibility index (Phi) is 4.70. The normalized spacial score (nSPS) is 11.0. The Bertz CT molecular complexity index is 1000. The van der Waals surface area contributed by atoms with Gasteiger partial charge in [-0.25, -0.2) is 4.79 Å². The molecule has 0 spiro atoms. The van der Waals surface area contributed by atoms with E-state index in [4.69, 9.17) is 4.74 Å². The lowest BCUT2D eigenvalue weighted by Gasteiger charge is -2.06. The molecule has 1 amide bonds. The van der Waals surface area contributed by atoms with E-state index < -0.39 is 5.97 Å². The highest BCUT2D eigenvalue weighted by Gasteiger charge is 2.17. The number of rotatable bonds is 5. The Morgan fingerprint density at radius 3 is 2.50 bits per heavy atom. The number of carboxylic acid groups (broad SMARTS) is 1. The first-order chi connectivity index (χ1) is 12.5. The SMILES string of the molecule is COc1c(C(=O)O)ccc2[nH]nc(/C=C/c3ccc(NC(C)=O)cc3)c12. The average Bonchev–Trinajstić information content (AvgIpc) is 3.03. The lowest BCUT2D eigenvalue weighted by molar-refractivity contribution is -0.114. The molecule has 132 valence electrons. The van der Waals surface area contributed by atoms with Crippen LogP contribution < -0.4 is 10.1 Å².